The molecule has 1 aromatic rings. The molecule has 18 heavy (non-hydrogen) atoms. The van der Waals surface area contributed by atoms with E-state index in [-0.39, 0.29) is 0 Å². The van der Waals surface area contributed by atoms with Gasteiger partial charge in [-0.15, -0.1) is 0 Å². The zero-order valence-electron chi connectivity index (χ0n) is 12.9. The minimum Gasteiger partial charge on any atom is -0.294 e. The Morgan fingerprint density at radius 3 is 1.78 bits per heavy atom. The number of nitrogens with zero attached hydrogens (tertiary/aromatic N) is 1. The first-order chi connectivity index (χ1) is 8.54. The fourth-order valence-corrected chi connectivity index (χ4v) is 1.93. The summed E-state index contributed by atoms with van der Waals surface area (Å²) in [6.07, 6.45) is 1.88. The average molecular weight is 247 g/mol. The molecular weight excluding hydrogens is 218 g/mol. The van der Waals surface area contributed by atoms with E-state index in [4.69, 9.17) is 0 Å². The topological polar surface area (TPSA) is 3.24 Å². The predicted molar refractivity (Wildman–Crippen MR) is 83.7 cm³/mol. The van der Waals surface area contributed by atoms with E-state index in [1.807, 2.05) is 19.9 Å². The van der Waals surface area contributed by atoms with Gasteiger partial charge in [0.1, 0.15) is 0 Å². The first-order valence-corrected chi connectivity index (χ1v) is 7.01. The zero-order chi connectivity index (χ0) is 14.1. The lowest BCUT2D eigenvalue weighted by molar-refractivity contribution is 0.166. The standard InChI is InChI=1S/C15H23N.C2H6/c1-6-14-7-9-15(10-8-14)11-16(12(2)3)13(4)5;1-2/h6-10,12-13H,1,11H2,2-5H3;1-2H3. The molecule has 102 valence electrons. The molecule has 0 saturated carbocycles. The minimum atomic E-state index is 0.582. The molecule has 0 fully saturated rings. The Bertz CT molecular complexity index is 314. The van der Waals surface area contributed by atoms with Crippen molar-refractivity contribution in [2.45, 2.75) is 60.2 Å². The van der Waals surface area contributed by atoms with Gasteiger partial charge in [0.25, 0.3) is 0 Å². The smallest absolute Gasteiger partial charge is 0.0239 e. The maximum atomic E-state index is 3.77. The van der Waals surface area contributed by atoms with Crippen LogP contribution in [0.5, 0.6) is 0 Å². The highest BCUT2D eigenvalue weighted by Gasteiger charge is 2.13. The Hall–Kier alpha value is -1.08. The molecule has 0 aliphatic carbocycles. The fraction of sp³-hybridized carbons (Fsp3) is 0.529. The van der Waals surface area contributed by atoms with E-state index < -0.39 is 0 Å². The number of benzene rings is 1. The van der Waals surface area contributed by atoms with Crippen LogP contribution in [0.3, 0.4) is 0 Å². The summed E-state index contributed by atoms with van der Waals surface area (Å²) in [7, 11) is 0. The fourth-order valence-electron chi connectivity index (χ4n) is 1.93. The summed E-state index contributed by atoms with van der Waals surface area (Å²) in [5.41, 5.74) is 2.55. The molecule has 0 spiro atoms. The second kappa shape index (κ2) is 8.93. The molecule has 0 heterocycles. The molecule has 0 unspecified atom stereocenters. The summed E-state index contributed by atoms with van der Waals surface area (Å²) in [6, 6.07) is 9.80. The summed E-state index contributed by atoms with van der Waals surface area (Å²) in [6.45, 7) is 17.8. The van der Waals surface area contributed by atoms with E-state index >= 15 is 0 Å². The van der Waals surface area contributed by atoms with Crippen LogP contribution in [0.15, 0.2) is 30.8 Å². The molecule has 0 aromatic heterocycles. The Kier molecular flexibility index (Phi) is 8.40. The highest BCUT2D eigenvalue weighted by molar-refractivity contribution is 5.47. The van der Waals surface area contributed by atoms with Gasteiger partial charge in [0.2, 0.25) is 0 Å². The van der Waals surface area contributed by atoms with E-state index in [9.17, 15) is 0 Å². The molecule has 1 nitrogen and oxygen atoms in total. The van der Waals surface area contributed by atoms with Crippen molar-refractivity contribution in [2.24, 2.45) is 0 Å². The van der Waals surface area contributed by atoms with E-state index in [1.54, 1.807) is 0 Å². The molecule has 0 amide bonds. The Morgan fingerprint density at radius 1 is 1.00 bits per heavy atom. The average Bonchev–Trinajstić information content (AvgIpc) is 2.38. The highest BCUT2D eigenvalue weighted by atomic mass is 15.2. The third-order valence-corrected chi connectivity index (χ3v) is 2.91. The SMILES string of the molecule is C=Cc1ccc(CN(C(C)C)C(C)C)cc1.CC. The molecule has 0 radical (unpaired) electrons. The summed E-state index contributed by atoms with van der Waals surface area (Å²) >= 11 is 0. The van der Waals surface area contributed by atoms with Crippen molar-refractivity contribution in [3.05, 3.63) is 42.0 Å². The van der Waals surface area contributed by atoms with Crippen LogP contribution in [0.2, 0.25) is 0 Å². The van der Waals surface area contributed by atoms with Crippen molar-refractivity contribution in [1.29, 1.82) is 0 Å². The summed E-state index contributed by atoms with van der Waals surface area (Å²) in [5, 5.41) is 0. The number of hydrogen-bond donors (Lipinski definition) is 0. The van der Waals surface area contributed by atoms with Gasteiger partial charge in [0.15, 0.2) is 0 Å². The Balaban J connectivity index is 0.00000137. The van der Waals surface area contributed by atoms with Crippen LogP contribution in [-0.4, -0.2) is 17.0 Å². The van der Waals surface area contributed by atoms with Crippen LogP contribution < -0.4 is 0 Å². The Labute approximate surface area is 114 Å². The lowest BCUT2D eigenvalue weighted by Crippen LogP contribution is -2.36. The molecule has 0 atom stereocenters. The molecular formula is C17H29N. The van der Waals surface area contributed by atoms with E-state index in [0.717, 1.165) is 6.54 Å². The van der Waals surface area contributed by atoms with Gasteiger partial charge in [-0.3, -0.25) is 4.90 Å². The molecule has 1 aromatic carbocycles. The molecule has 0 bridgehead atoms. The van der Waals surface area contributed by atoms with E-state index in [2.05, 4.69) is 63.4 Å². The van der Waals surface area contributed by atoms with Crippen LogP contribution in [0, 0.1) is 0 Å². The molecule has 0 saturated heterocycles. The maximum Gasteiger partial charge on any atom is 0.0239 e. The molecule has 0 N–H and O–H groups in total. The maximum absolute atomic E-state index is 3.77. The van der Waals surface area contributed by atoms with E-state index in [1.165, 1.54) is 11.1 Å². The van der Waals surface area contributed by atoms with Gasteiger partial charge in [-0.25, -0.2) is 0 Å². The quantitative estimate of drug-likeness (QED) is 0.709. The van der Waals surface area contributed by atoms with E-state index in [0.29, 0.717) is 12.1 Å². The lowest BCUT2D eigenvalue weighted by Gasteiger charge is -2.30. The van der Waals surface area contributed by atoms with Crippen LogP contribution >= 0.6 is 0 Å². The normalized spacial score (nSPS) is 10.5. The minimum absolute atomic E-state index is 0.582. The second-order valence-corrected chi connectivity index (χ2v) is 4.81. The van der Waals surface area contributed by atoms with Crippen molar-refractivity contribution < 1.29 is 0 Å². The van der Waals surface area contributed by atoms with Crippen LogP contribution in [0.25, 0.3) is 6.08 Å². The lowest BCUT2D eigenvalue weighted by atomic mass is 10.1. The van der Waals surface area contributed by atoms with Gasteiger partial charge < -0.3 is 0 Å². The first kappa shape index (κ1) is 16.9. The molecule has 0 aliphatic rings. The Morgan fingerprint density at radius 2 is 1.44 bits per heavy atom. The number of hydrogen-bond acceptors (Lipinski definition) is 1. The van der Waals surface area contributed by atoms with Crippen molar-refractivity contribution in [2.75, 3.05) is 0 Å². The first-order valence-electron chi connectivity index (χ1n) is 7.01. The van der Waals surface area contributed by atoms with Crippen molar-refractivity contribution >= 4 is 6.08 Å². The van der Waals surface area contributed by atoms with Crippen LogP contribution in [0.1, 0.15) is 52.7 Å². The molecule has 0 aliphatic heterocycles. The predicted octanol–water partition coefficient (Wildman–Crippen LogP) is 4.97. The van der Waals surface area contributed by atoms with Gasteiger partial charge in [-0.1, -0.05) is 50.8 Å². The highest BCUT2D eigenvalue weighted by Crippen LogP contribution is 2.13. The zero-order valence-corrected chi connectivity index (χ0v) is 12.9. The molecule has 1 heteroatoms. The van der Waals surface area contributed by atoms with Gasteiger partial charge in [-0.05, 0) is 38.8 Å². The van der Waals surface area contributed by atoms with Crippen molar-refractivity contribution in [3.63, 3.8) is 0 Å². The number of rotatable bonds is 5. The van der Waals surface area contributed by atoms with Gasteiger partial charge in [0, 0.05) is 18.6 Å². The largest absolute Gasteiger partial charge is 0.294 e. The monoisotopic (exact) mass is 247 g/mol. The summed E-state index contributed by atoms with van der Waals surface area (Å²) < 4.78 is 0. The molecule has 1 rings (SSSR count). The van der Waals surface area contributed by atoms with Gasteiger partial charge >= 0.3 is 0 Å². The van der Waals surface area contributed by atoms with Gasteiger partial charge in [0.05, 0.1) is 0 Å². The van der Waals surface area contributed by atoms with Gasteiger partial charge in [-0.2, -0.15) is 0 Å². The third-order valence-electron chi connectivity index (χ3n) is 2.91. The summed E-state index contributed by atoms with van der Waals surface area (Å²) in [4.78, 5) is 2.49. The van der Waals surface area contributed by atoms with Crippen molar-refractivity contribution in [1.82, 2.24) is 4.90 Å². The summed E-state index contributed by atoms with van der Waals surface area (Å²) in [5.74, 6) is 0. The van der Waals surface area contributed by atoms with Crippen molar-refractivity contribution in [3.8, 4) is 0 Å². The second-order valence-electron chi connectivity index (χ2n) is 4.81. The van der Waals surface area contributed by atoms with Crippen LogP contribution in [-0.2, 0) is 6.54 Å². The van der Waals surface area contributed by atoms with Crippen LogP contribution in [0.4, 0.5) is 0 Å². The third kappa shape index (κ3) is 5.50.